The van der Waals surface area contributed by atoms with Crippen molar-refractivity contribution in [3.63, 3.8) is 0 Å². The maximum Gasteiger partial charge on any atom is 0.295 e. The topological polar surface area (TPSA) is 85.3 Å². The summed E-state index contributed by atoms with van der Waals surface area (Å²) in [4.78, 5) is 27.8. The lowest BCUT2D eigenvalue weighted by Gasteiger charge is -2.26. The van der Waals surface area contributed by atoms with E-state index in [0.717, 1.165) is 5.56 Å². The normalized spacial score (nSPS) is 16.8. The van der Waals surface area contributed by atoms with E-state index in [-0.39, 0.29) is 23.7 Å². The van der Waals surface area contributed by atoms with Crippen LogP contribution in [0.25, 0.3) is 5.76 Å². The van der Waals surface area contributed by atoms with Crippen LogP contribution in [0.15, 0.2) is 72.3 Å². The Morgan fingerprint density at radius 1 is 0.889 bits per heavy atom. The predicted octanol–water partition coefficient (Wildman–Crippen LogP) is 4.52. The van der Waals surface area contributed by atoms with Gasteiger partial charge in [0.1, 0.15) is 17.3 Å². The molecular formula is C28H26FNO6. The fourth-order valence-corrected chi connectivity index (χ4v) is 4.29. The molecule has 0 aromatic heterocycles. The van der Waals surface area contributed by atoms with Gasteiger partial charge in [0.05, 0.1) is 32.9 Å². The average Bonchev–Trinajstić information content (AvgIpc) is 3.16. The molecule has 1 heterocycles. The minimum Gasteiger partial charge on any atom is -0.507 e. The number of ether oxygens (including phenoxy) is 3. The van der Waals surface area contributed by atoms with Gasteiger partial charge in [-0.3, -0.25) is 9.59 Å². The van der Waals surface area contributed by atoms with E-state index >= 15 is 0 Å². The molecule has 1 amide bonds. The van der Waals surface area contributed by atoms with Gasteiger partial charge in [-0.1, -0.05) is 18.2 Å². The van der Waals surface area contributed by atoms with Crippen LogP contribution in [-0.4, -0.2) is 49.6 Å². The number of rotatable bonds is 8. The summed E-state index contributed by atoms with van der Waals surface area (Å²) in [7, 11) is 4.53. The molecule has 7 nitrogen and oxygen atoms in total. The summed E-state index contributed by atoms with van der Waals surface area (Å²) in [6.07, 6.45) is 0.389. The number of hydrogen-bond donors (Lipinski definition) is 1. The van der Waals surface area contributed by atoms with Gasteiger partial charge in [0.2, 0.25) is 0 Å². The zero-order valence-electron chi connectivity index (χ0n) is 20.2. The lowest BCUT2D eigenvalue weighted by atomic mass is 9.94. The summed E-state index contributed by atoms with van der Waals surface area (Å²) in [6, 6.07) is 16.7. The molecule has 0 bridgehead atoms. The summed E-state index contributed by atoms with van der Waals surface area (Å²) >= 11 is 0. The number of halogens is 1. The second kappa shape index (κ2) is 10.5. The number of likely N-dealkylation sites (tertiary alicyclic amines) is 1. The monoisotopic (exact) mass is 491 g/mol. The van der Waals surface area contributed by atoms with Crippen LogP contribution in [-0.2, 0) is 16.0 Å². The van der Waals surface area contributed by atoms with Crippen LogP contribution in [0.5, 0.6) is 17.2 Å². The largest absolute Gasteiger partial charge is 0.507 e. The SMILES string of the molecule is COc1ccc(/C(O)=C2/C(=O)C(=O)N(CCc3ccc(F)cc3)C2c2ccc(OC)c(OC)c2)cc1. The molecule has 1 aliphatic rings. The zero-order valence-corrected chi connectivity index (χ0v) is 20.2. The molecule has 1 aliphatic heterocycles. The number of methoxy groups -OCH3 is 3. The summed E-state index contributed by atoms with van der Waals surface area (Å²) in [5, 5.41) is 11.2. The highest BCUT2D eigenvalue weighted by Gasteiger charge is 2.46. The Morgan fingerprint density at radius 2 is 1.56 bits per heavy atom. The zero-order chi connectivity index (χ0) is 25.8. The van der Waals surface area contributed by atoms with Crippen molar-refractivity contribution in [1.82, 2.24) is 4.90 Å². The molecule has 36 heavy (non-hydrogen) atoms. The average molecular weight is 492 g/mol. The van der Waals surface area contributed by atoms with Crippen molar-refractivity contribution in [3.8, 4) is 17.2 Å². The number of Topliss-reactive ketones (excluding diaryl/α,β-unsaturated/α-hetero) is 1. The van der Waals surface area contributed by atoms with Gasteiger partial charge >= 0.3 is 0 Å². The van der Waals surface area contributed by atoms with Crippen molar-refractivity contribution < 1.29 is 33.3 Å². The molecule has 1 saturated heterocycles. The first-order chi connectivity index (χ1) is 17.4. The van der Waals surface area contributed by atoms with Crippen molar-refractivity contribution in [1.29, 1.82) is 0 Å². The number of aliphatic hydroxyl groups is 1. The Labute approximate surface area is 208 Å². The molecule has 0 spiro atoms. The smallest absolute Gasteiger partial charge is 0.295 e. The Hall–Kier alpha value is -4.33. The van der Waals surface area contributed by atoms with Gasteiger partial charge < -0.3 is 24.2 Å². The highest BCUT2D eigenvalue weighted by atomic mass is 19.1. The quantitative estimate of drug-likeness (QED) is 0.283. The van der Waals surface area contributed by atoms with Crippen LogP contribution >= 0.6 is 0 Å². The van der Waals surface area contributed by atoms with Crippen LogP contribution in [0.4, 0.5) is 4.39 Å². The van der Waals surface area contributed by atoms with Gasteiger partial charge in [0.15, 0.2) is 11.5 Å². The Morgan fingerprint density at radius 3 is 2.17 bits per heavy atom. The predicted molar refractivity (Wildman–Crippen MR) is 132 cm³/mol. The summed E-state index contributed by atoms with van der Waals surface area (Å²) in [5.41, 5.74) is 1.72. The molecule has 4 rings (SSSR count). The first-order valence-electron chi connectivity index (χ1n) is 11.3. The van der Waals surface area contributed by atoms with Gasteiger partial charge in [-0.2, -0.15) is 0 Å². The number of carbonyl (C=O) groups excluding carboxylic acids is 2. The van der Waals surface area contributed by atoms with E-state index in [1.165, 1.54) is 38.4 Å². The molecule has 0 saturated carbocycles. The van der Waals surface area contributed by atoms with Crippen LogP contribution < -0.4 is 14.2 Å². The van der Waals surface area contributed by atoms with Gasteiger partial charge in [0, 0.05) is 12.1 Å². The first-order valence-corrected chi connectivity index (χ1v) is 11.3. The van der Waals surface area contributed by atoms with Gasteiger partial charge in [-0.05, 0) is 66.1 Å². The maximum atomic E-state index is 13.3. The van der Waals surface area contributed by atoms with E-state index in [9.17, 15) is 19.1 Å². The van der Waals surface area contributed by atoms with Crippen molar-refractivity contribution in [3.05, 3.63) is 94.8 Å². The van der Waals surface area contributed by atoms with Gasteiger partial charge in [-0.15, -0.1) is 0 Å². The minimum absolute atomic E-state index is 0.0310. The molecule has 3 aromatic rings. The molecule has 1 atom stereocenters. The number of hydrogen-bond acceptors (Lipinski definition) is 6. The molecule has 0 aliphatic carbocycles. The summed E-state index contributed by atoms with van der Waals surface area (Å²) in [5.74, 6) is -0.677. The lowest BCUT2D eigenvalue weighted by Crippen LogP contribution is -2.31. The molecule has 1 fully saturated rings. The fraction of sp³-hybridized carbons (Fsp3) is 0.214. The second-order valence-corrected chi connectivity index (χ2v) is 8.21. The number of aliphatic hydroxyl groups excluding tert-OH is 1. The van der Waals surface area contributed by atoms with Crippen molar-refractivity contribution in [2.24, 2.45) is 0 Å². The van der Waals surface area contributed by atoms with Gasteiger partial charge in [-0.25, -0.2) is 4.39 Å². The van der Waals surface area contributed by atoms with Crippen molar-refractivity contribution in [2.45, 2.75) is 12.5 Å². The number of ketones is 1. The highest BCUT2D eigenvalue weighted by Crippen LogP contribution is 2.42. The molecule has 3 aromatic carbocycles. The second-order valence-electron chi connectivity index (χ2n) is 8.21. The number of nitrogens with zero attached hydrogens (tertiary/aromatic N) is 1. The number of carbonyl (C=O) groups is 2. The summed E-state index contributed by atoms with van der Waals surface area (Å²) < 4.78 is 29.3. The van der Waals surface area contributed by atoms with Crippen LogP contribution in [0.1, 0.15) is 22.7 Å². The van der Waals surface area contributed by atoms with E-state index in [1.54, 1.807) is 54.6 Å². The van der Waals surface area contributed by atoms with E-state index in [2.05, 4.69) is 0 Å². The van der Waals surface area contributed by atoms with Crippen LogP contribution in [0, 0.1) is 5.82 Å². The van der Waals surface area contributed by atoms with E-state index in [0.29, 0.717) is 34.8 Å². The third-order valence-electron chi connectivity index (χ3n) is 6.18. The van der Waals surface area contributed by atoms with Crippen LogP contribution in [0.2, 0.25) is 0 Å². The summed E-state index contributed by atoms with van der Waals surface area (Å²) in [6.45, 7) is 0.175. The van der Waals surface area contributed by atoms with Crippen LogP contribution in [0.3, 0.4) is 0 Å². The van der Waals surface area contributed by atoms with Gasteiger partial charge in [0.25, 0.3) is 11.7 Å². The molecule has 186 valence electrons. The van der Waals surface area contributed by atoms with Crippen molar-refractivity contribution >= 4 is 17.4 Å². The van der Waals surface area contributed by atoms with E-state index < -0.39 is 17.7 Å². The van der Waals surface area contributed by atoms with Crippen molar-refractivity contribution in [2.75, 3.05) is 27.9 Å². The minimum atomic E-state index is -0.868. The number of benzene rings is 3. The molecule has 1 unspecified atom stereocenters. The third kappa shape index (κ3) is 4.75. The Bertz CT molecular complexity index is 1300. The van der Waals surface area contributed by atoms with E-state index in [4.69, 9.17) is 14.2 Å². The van der Waals surface area contributed by atoms with E-state index in [1.807, 2.05) is 0 Å². The maximum absolute atomic E-state index is 13.3. The molecule has 1 N–H and O–H groups in total. The Kier molecular flexibility index (Phi) is 7.24. The Balaban J connectivity index is 1.80. The molecular weight excluding hydrogens is 465 g/mol. The standard InChI is InChI=1S/C28H26FNO6/c1-34-21-11-6-18(7-12-21)26(31)24-25(19-8-13-22(35-2)23(16-19)36-3)30(28(33)27(24)32)15-14-17-4-9-20(29)10-5-17/h4-13,16,25,31H,14-15H2,1-3H3/b26-24-. The third-order valence-corrected chi connectivity index (χ3v) is 6.18. The first kappa shape index (κ1) is 24.8. The molecule has 8 heteroatoms. The molecule has 0 radical (unpaired) electrons. The number of amides is 1. The fourth-order valence-electron chi connectivity index (χ4n) is 4.29. The lowest BCUT2D eigenvalue weighted by molar-refractivity contribution is -0.139. The highest BCUT2D eigenvalue weighted by molar-refractivity contribution is 6.46.